The number of aliphatic hydroxyl groups is 1. The number of hydrogen-bond donors (Lipinski definition) is 2. The molecule has 1 aliphatic heterocycles. The molecule has 2 fully saturated rings. The fourth-order valence-corrected chi connectivity index (χ4v) is 2.19. The molecule has 1 saturated carbocycles. The molecule has 0 aromatic heterocycles. The lowest BCUT2D eigenvalue weighted by Gasteiger charge is -2.30. The molecule has 0 aromatic rings. The van der Waals surface area contributed by atoms with Gasteiger partial charge in [-0.2, -0.15) is 0 Å². The Morgan fingerprint density at radius 3 is 2.75 bits per heavy atom. The largest absolute Gasteiger partial charge is 0.391 e. The van der Waals surface area contributed by atoms with Gasteiger partial charge in [0.25, 0.3) is 5.91 Å². The first-order valence-electron chi connectivity index (χ1n) is 5.95. The topological polar surface area (TPSA) is 67.8 Å². The first kappa shape index (κ1) is 11.8. The normalized spacial score (nSPS) is 35.7. The second-order valence-electron chi connectivity index (χ2n) is 4.40. The lowest BCUT2D eigenvalue weighted by Crippen LogP contribution is -2.51. The van der Waals surface area contributed by atoms with Crippen molar-refractivity contribution in [3.05, 3.63) is 0 Å². The van der Waals surface area contributed by atoms with Crippen LogP contribution >= 0.6 is 0 Å². The fraction of sp³-hybridized carbons (Fsp3) is 0.909. The van der Waals surface area contributed by atoms with Gasteiger partial charge in [0.1, 0.15) is 0 Å². The summed E-state index contributed by atoms with van der Waals surface area (Å²) in [4.78, 5) is 11.8. The second kappa shape index (κ2) is 5.61. The van der Waals surface area contributed by atoms with E-state index in [0.717, 1.165) is 25.7 Å². The smallest absolute Gasteiger partial charge is 0.251 e. The van der Waals surface area contributed by atoms with Crippen LogP contribution in [0.3, 0.4) is 0 Å². The predicted octanol–water partition coefficient (Wildman–Crippen LogP) is -0.179. The van der Waals surface area contributed by atoms with Crippen molar-refractivity contribution in [3.63, 3.8) is 0 Å². The van der Waals surface area contributed by atoms with E-state index in [2.05, 4.69) is 5.32 Å². The van der Waals surface area contributed by atoms with E-state index in [1.54, 1.807) is 0 Å². The van der Waals surface area contributed by atoms with Gasteiger partial charge in [-0.25, -0.2) is 0 Å². The lowest BCUT2D eigenvalue weighted by atomic mass is 9.92. The highest BCUT2D eigenvalue weighted by molar-refractivity contribution is 5.81. The molecular formula is C11H19NO4. The average molecular weight is 229 g/mol. The van der Waals surface area contributed by atoms with E-state index in [0.29, 0.717) is 19.8 Å². The van der Waals surface area contributed by atoms with E-state index >= 15 is 0 Å². The first-order valence-corrected chi connectivity index (χ1v) is 5.95. The van der Waals surface area contributed by atoms with Crippen molar-refractivity contribution in [3.8, 4) is 0 Å². The van der Waals surface area contributed by atoms with E-state index in [-0.39, 0.29) is 11.9 Å². The van der Waals surface area contributed by atoms with Crippen LogP contribution in [-0.4, -0.2) is 49.1 Å². The number of hydrogen-bond acceptors (Lipinski definition) is 4. The zero-order chi connectivity index (χ0) is 11.4. The minimum atomic E-state index is -0.511. The van der Waals surface area contributed by atoms with Crippen LogP contribution in [0.5, 0.6) is 0 Å². The zero-order valence-corrected chi connectivity index (χ0v) is 9.35. The molecular weight excluding hydrogens is 210 g/mol. The number of carbonyl (C=O) groups is 1. The van der Waals surface area contributed by atoms with Gasteiger partial charge in [-0.05, 0) is 12.8 Å². The standard InChI is InChI=1S/C11H19NO4/c13-9-4-2-1-3-8(9)12-11(14)10-7-15-5-6-16-10/h8-10,13H,1-7H2,(H,12,14). The van der Waals surface area contributed by atoms with Gasteiger partial charge in [-0.1, -0.05) is 12.8 Å². The van der Waals surface area contributed by atoms with Crippen molar-refractivity contribution in [1.29, 1.82) is 0 Å². The monoisotopic (exact) mass is 229 g/mol. The Bertz CT molecular complexity index is 240. The molecule has 1 aliphatic carbocycles. The number of nitrogens with one attached hydrogen (secondary N) is 1. The summed E-state index contributed by atoms with van der Waals surface area (Å²) in [6.07, 6.45) is 2.79. The molecule has 2 rings (SSSR count). The Morgan fingerprint density at radius 2 is 2.06 bits per heavy atom. The SMILES string of the molecule is O=C(NC1CCCCC1O)C1COCCO1. The fourth-order valence-electron chi connectivity index (χ4n) is 2.19. The maximum atomic E-state index is 11.8. The zero-order valence-electron chi connectivity index (χ0n) is 9.35. The van der Waals surface area contributed by atoms with Crippen molar-refractivity contribution < 1.29 is 19.4 Å². The van der Waals surface area contributed by atoms with Gasteiger partial charge in [-0.15, -0.1) is 0 Å². The van der Waals surface area contributed by atoms with Crippen LogP contribution in [0, 0.1) is 0 Å². The highest BCUT2D eigenvalue weighted by atomic mass is 16.6. The van der Waals surface area contributed by atoms with Gasteiger partial charge in [0, 0.05) is 0 Å². The Kier molecular flexibility index (Phi) is 4.15. The van der Waals surface area contributed by atoms with Crippen molar-refractivity contribution in [2.75, 3.05) is 19.8 Å². The quantitative estimate of drug-likeness (QED) is 0.689. The Labute approximate surface area is 95.1 Å². The lowest BCUT2D eigenvalue weighted by molar-refractivity contribution is -0.149. The van der Waals surface area contributed by atoms with Crippen LogP contribution in [-0.2, 0) is 14.3 Å². The van der Waals surface area contributed by atoms with Crippen LogP contribution in [0.25, 0.3) is 0 Å². The number of carbonyl (C=O) groups excluding carboxylic acids is 1. The molecule has 5 nitrogen and oxygen atoms in total. The van der Waals surface area contributed by atoms with Crippen LogP contribution in [0.2, 0.25) is 0 Å². The molecule has 92 valence electrons. The summed E-state index contributed by atoms with van der Waals surface area (Å²) in [7, 11) is 0. The molecule has 0 bridgehead atoms. The molecule has 3 atom stereocenters. The Balaban J connectivity index is 1.80. The van der Waals surface area contributed by atoms with E-state index in [1.807, 2.05) is 0 Å². The second-order valence-corrected chi connectivity index (χ2v) is 4.40. The van der Waals surface area contributed by atoms with E-state index in [1.165, 1.54) is 0 Å². The van der Waals surface area contributed by atoms with Crippen molar-refractivity contribution in [2.45, 2.75) is 43.9 Å². The van der Waals surface area contributed by atoms with Gasteiger partial charge in [-0.3, -0.25) is 4.79 Å². The van der Waals surface area contributed by atoms with Gasteiger partial charge in [0.05, 0.1) is 32.0 Å². The van der Waals surface area contributed by atoms with Crippen LogP contribution in [0.15, 0.2) is 0 Å². The molecule has 0 spiro atoms. The highest BCUT2D eigenvalue weighted by Gasteiger charge is 2.29. The van der Waals surface area contributed by atoms with Crippen LogP contribution < -0.4 is 5.32 Å². The van der Waals surface area contributed by atoms with Gasteiger partial charge in [0.2, 0.25) is 0 Å². The Morgan fingerprint density at radius 1 is 1.25 bits per heavy atom. The molecule has 0 radical (unpaired) electrons. The van der Waals surface area contributed by atoms with Crippen molar-refractivity contribution in [1.82, 2.24) is 5.32 Å². The summed E-state index contributed by atoms with van der Waals surface area (Å²) in [6.45, 7) is 1.33. The molecule has 16 heavy (non-hydrogen) atoms. The first-order chi connectivity index (χ1) is 7.77. The molecule has 2 N–H and O–H groups in total. The molecule has 1 heterocycles. The molecule has 1 amide bonds. The average Bonchev–Trinajstić information content (AvgIpc) is 2.33. The van der Waals surface area contributed by atoms with E-state index < -0.39 is 12.2 Å². The highest BCUT2D eigenvalue weighted by Crippen LogP contribution is 2.18. The molecule has 0 aromatic carbocycles. The molecule has 1 saturated heterocycles. The maximum Gasteiger partial charge on any atom is 0.251 e. The summed E-state index contributed by atoms with van der Waals surface area (Å²) in [6, 6.07) is -0.119. The third-order valence-corrected chi connectivity index (χ3v) is 3.17. The minimum Gasteiger partial charge on any atom is -0.391 e. The number of aliphatic hydroxyl groups excluding tert-OH is 1. The van der Waals surface area contributed by atoms with E-state index in [9.17, 15) is 9.90 Å². The minimum absolute atomic E-state index is 0.119. The van der Waals surface area contributed by atoms with Crippen LogP contribution in [0.4, 0.5) is 0 Å². The third kappa shape index (κ3) is 2.93. The van der Waals surface area contributed by atoms with Crippen molar-refractivity contribution >= 4 is 5.91 Å². The van der Waals surface area contributed by atoms with Crippen molar-refractivity contribution in [2.24, 2.45) is 0 Å². The van der Waals surface area contributed by atoms with Gasteiger partial charge in [0.15, 0.2) is 6.10 Å². The summed E-state index contributed by atoms with van der Waals surface area (Å²) < 4.78 is 10.5. The maximum absolute atomic E-state index is 11.8. The molecule has 5 heteroatoms. The Hall–Kier alpha value is -0.650. The number of rotatable bonds is 2. The molecule has 3 unspecified atom stereocenters. The predicted molar refractivity (Wildman–Crippen MR) is 57.0 cm³/mol. The summed E-state index contributed by atoms with van der Waals surface area (Å²) in [5.41, 5.74) is 0. The van der Waals surface area contributed by atoms with E-state index in [4.69, 9.17) is 9.47 Å². The summed E-state index contributed by atoms with van der Waals surface area (Å²) in [5.74, 6) is -0.161. The number of ether oxygens (including phenoxy) is 2. The third-order valence-electron chi connectivity index (χ3n) is 3.17. The number of amides is 1. The summed E-state index contributed by atoms with van der Waals surface area (Å²) >= 11 is 0. The van der Waals surface area contributed by atoms with Gasteiger partial charge < -0.3 is 19.9 Å². The summed E-state index contributed by atoms with van der Waals surface area (Å²) in [5, 5.41) is 12.6. The van der Waals surface area contributed by atoms with Crippen LogP contribution in [0.1, 0.15) is 25.7 Å². The molecule has 2 aliphatic rings. The van der Waals surface area contributed by atoms with Gasteiger partial charge >= 0.3 is 0 Å².